The van der Waals surface area contributed by atoms with Crippen molar-refractivity contribution >= 4 is 55.7 Å². The van der Waals surface area contributed by atoms with Crippen LogP contribution in [0.4, 0.5) is 22.9 Å². The van der Waals surface area contributed by atoms with Gasteiger partial charge in [-0.2, -0.15) is 10.2 Å². The number of hydrazone groups is 1. The number of nitrogens with one attached hydrogen (secondary N) is 2. The first-order chi connectivity index (χ1) is 21.1. The zero-order valence-corrected chi connectivity index (χ0v) is 25.1. The van der Waals surface area contributed by atoms with Crippen LogP contribution < -0.4 is 15.0 Å². The minimum Gasteiger partial charge on any atom is -0.378 e. The van der Waals surface area contributed by atoms with Crippen LogP contribution in [-0.4, -0.2) is 60.5 Å². The van der Waals surface area contributed by atoms with E-state index in [1.165, 1.54) is 18.3 Å². The molecule has 13 nitrogen and oxygen atoms in total. The molecule has 226 valence electrons. The summed E-state index contributed by atoms with van der Waals surface area (Å²) in [5.41, 5.74) is 7.18. The van der Waals surface area contributed by atoms with Gasteiger partial charge < -0.3 is 9.64 Å². The van der Waals surface area contributed by atoms with Crippen LogP contribution in [0, 0.1) is 30.9 Å². The predicted octanol–water partition coefficient (Wildman–Crippen LogP) is 4.80. The van der Waals surface area contributed by atoms with Gasteiger partial charge in [0.1, 0.15) is 11.5 Å². The maximum Gasteiger partial charge on any atom is 0.295 e. The average Bonchev–Trinajstić information content (AvgIpc) is 3.33. The van der Waals surface area contributed by atoms with Gasteiger partial charge in [0.2, 0.25) is 0 Å². The second-order valence-electron chi connectivity index (χ2n) is 10.5. The third-order valence-corrected chi connectivity index (χ3v) is 8.82. The number of rotatable bonds is 8. The number of para-hydroxylation sites is 1. The summed E-state index contributed by atoms with van der Waals surface area (Å²) in [6, 6.07) is 16.8. The van der Waals surface area contributed by atoms with E-state index in [4.69, 9.17) is 14.8 Å². The third kappa shape index (κ3) is 5.52. The summed E-state index contributed by atoms with van der Waals surface area (Å²) in [5, 5.41) is 21.9. The van der Waals surface area contributed by atoms with E-state index in [1.54, 1.807) is 23.6 Å². The first-order valence-corrected chi connectivity index (χ1v) is 15.4. The Bertz CT molecular complexity index is 2050. The lowest BCUT2D eigenvalue weighted by Gasteiger charge is -2.28. The first kappa shape index (κ1) is 29.0. The molecule has 3 heterocycles. The molecule has 0 spiro atoms. The van der Waals surface area contributed by atoms with E-state index in [2.05, 4.69) is 20.1 Å². The van der Waals surface area contributed by atoms with Crippen molar-refractivity contribution in [3.63, 3.8) is 0 Å². The van der Waals surface area contributed by atoms with Crippen molar-refractivity contribution in [3.05, 3.63) is 93.2 Å². The van der Waals surface area contributed by atoms with Gasteiger partial charge in [-0.25, -0.2) is 17.9 Å². The number of nitro groups is 1. The van der Waals surface area contributed by atoms with Crippen molar-refractivity contribution < 1.29 is 18.1 Å². The Morgan fingerprint density at radius 3 is 2.52 bits per heavy atom. The Balaban J connectivity index is 1.31. The molecule has 0 amide bonds. The highest BCUT2D eigenvalue weighted by Gasteiger charge is 2.23. The van der Waals surface area contributed by atoms with E-state index in [0.29, 0.717) is 48.9 Å². The summed E-state index contributed by atoms with van der Waals surface area (Å²) in [5.74, 6) is 0.820. The molecule has 1 saturated heterocycles. The minimum absolute atomic E-state index is 0.0262. The van der Waals surface area contributed by atoms with Gasteiger partial charge in [0, 0.05) is 24.5 Å². The van der Waals surface area contributed by atoms with Gasteiger partial charge in [0.25, 0.3) is 15.7 Å². The highest BCUT2D eigenvalue weighted by Crippen LogP contribution is 2.31. The summed E-state index contributed by atoms with van der Waals surface area (Å²) in [7, 11) is -4.09. The highest BCUT2D eigenvalue weighted by atomic mass is 32.2. The highest BCUT2D eigenvalue weighted by molar-refractivity contribution is 7.92. The molecular weight excluding hydrogens is 584 g/mol. The number of hydrogen-bond acceptors (Lipinski definition) is 10. The normalized spacial score (nSPS) is 14.0. The molecule has 1 aliphatic rings. The Labute approximate surface area is 253 Å². The number of fused-ring (bicyclic) bond motifs is 3. The molecule has 1 aliphatic heterocycles. The summed E-state index contributed by atoms with van der Waals surface area (Å²) in [4.78, 5) is 18.2. The van der Waals surface area contributed by atoms with Gasteiger partial charge in [0.05, 0.1) is 51.7 Å². The summed E-state index contributed by atoms with van der Waals surface area (Å²) < 4.78 is 36.0. The van der Waals surface area contributed by atoms with E-state index < -0.39 is 20.6 Å². The second-order valence-corrected chi connectivity index (χ2v) is 12.2. The lowest BCUT2D eigenvalue weighted by atomic mass is 10.1. The molecule has 44 heavy (non-hydrogen) atoms. The number of aromatic nitrogens is 3. The predicted molar refractivity (Wildman–Crippen MR) is 169 cm³/mol. The second kappa shape index (κ2) is 11.5. The van der Waals surface area contributed by atoms with Gasteiger partial charge in [0.15, 0.2) is 5.65 Å². The van der Waals surface area contributed by atoms with Gasteiger partial charge in [-0.3, -0.25) is 20.3 Å². The molecule has 3 aromatic carbocycles. The van der Waals surface area contributed by atoms with Gasteiger partial charge >= 0.3 is 0 Å². The van der Waals surface area contributed by atoms with E-state index in [9.17, 15) is 18.5 Å². The van der Waals surface area contributed by atoms with E-state index >= 15 is 0 Å². The van der Waals surface area contributed by atoms with Crippen LogP contribution in [0.3, 0.4) is 0 Å². The number of hydrogen-bond donors (Lipinski definition) is 2. The summed E-state index contributed by atoms with van der Waals surface area (Å²) >= 11 is 0. The molecule has 0 unspecified atom stereocenters. The quantitative estimate of drug-likeness (QED) is 0.142. The summed E-state index contributed by atoms with van der Waals surface area (Å²) in [6.45, 7) is 8.16. The topological polar surface area (TPSA) is 156 Å². The van der Waals surface area contributed by atoms with Crippen LogP contribution >= 0.6 is 0 Å². The Morgan fingerprint density at radius 2 is 1.77 bits per heavy atom. The van der Waals surface area contributed by atoms with Crippen LogP contribution in [-0.2, 0) is 14.8 Å². The van der Waals surface area contributed by atoms with Crippen molar-refractivity contribution in [1.82, 2.24) is 14.6 Å². The Kier molecular flexibility index (Phi) is 7.61. The number of nitro benzene ring substituents is 1. The van der Waals surface area contributed by atoms with Crippen LogP contribution in [0.25, 0.3) is 16.6 Å². The number of aryl methyl sites for hydroxylation is 3. The van der Waals surface area contributed by atoms with Crippen molar-refractivity contribution in [2.45, 2.75) is 25.7 Å². The molecule has 0 aliphatic carbocycles. The fraction of sp³-hybridized carbons (Fsp3) is 0.233. The van der Waals surface area contributed by atoms with Crippen molar-refractivity contribution in [2.75, 3.05) is 41.4 Å². The molecule has 0 radical (unpaired) electrons. The molecule has 5 aromatic rings. The van der Waals surface area contributed by atoms with E-state index in [0.717, 1.165) is 33.9 Å². The number of sulfonamides is 1. The first-order valence-electron chi connectivity index (χ1n) is 13.9. The Hall–Kier alpha value is -5.08. The van der Waals surface area contributed by atoms with Gasteiger partial charge in [-0.05, 0) is 56.7 Å². The molecule has 2 aromatic heterocycles. The SMILES string of the molecule is Cc1ccc(NS(=O)(=O)c2ccc(N/N=C\c3c(C)nn4c3nc(N3CCOCC3)c3ccccc34)c([N+](=O)[O-])c2)c(C)c1. The largest absolute Gasteiger partial charge is 0.378 e. The number of ether oxygens (including phenoxy) is 1. The number of benzene rings is 3. The average molecular weight is 615 g/mol. The van der Waals surface area contributed by atoms with Gasteiger partial charge in [-0.1, -0.05) is 29.8 Å². The standard InChI is InChI=1S/C30H30N8O5S/c1-19-8-10-25(20(2)16-19)35-44(41,42)22-9-11-26(28(17-22)38(39)40)33-31-18-24-21(3)34-37-27-7-5-4-6-23(27)29(32-30(24)37)36-12-14-43-15-13-36/h4-11,16-18,33,35H,12-15H2,1-3H3/b31-18-. The fourth-order valence-electron chi connectivity index (χ4n) is 5.20. The molecular formula is C30H30N8O5S. The fourth-order valence-corrected chi connectivity index (χ4v) is 6.35. The lowest BCUT2D eigenvalue weighted by molar-refractivity contribution is -0.384. The van der Waals surface area contributed by atoms with E-state index in [-0.39, 0.29) is 10.6 Å². The molecule has 1 fully saturated rings. The molecule has 0 bridgehead atoms. The zero-order chi connectivity index (χ0) is 31.0. The van der Waals surface area contributed by atoms with Crippen LogP contribution in [0.1, 0.15) is 22.4 Å². The van der Waals surface area contributed by atoms with Crippen molar-refractivity contribution in [2.24, 2.45) is 5.10 Å². The number of anilines is 3. The third-order valence-electron chi connectivity index (χ3n) is 7.46. The number of morpholine rings is 1. The van der Waals surface area contributed by atoms with Crippen LogP contribution in [0.5, 0.6) is 0 Å². The maximum absolute atomic E-state index is 13.1. The molecule has 0 atom stereocenters. The monoisotopic (exact) mass is 614 g/mol. The lowest BCUT2D eigenvalue weighted by Crippen LogP contribution is -2.37. The van der Waals surface area contributed by atoms with E-state index in [1.807, 2.05) is 44.2 Å². The van der Waals surface area contributed by atoms with Gasteiger partial charge in [-0.15, -0.1) is 0 Å². The van der Waals surface area contributed by atoms with Crippen LogP contribution in [0.2, 0.25) is 0 Å². The number of nitrogens with zero attached hydrogens (tertiary/aromatic N) is 6. The maximum atomic E-state index is 13.1. The smallest absolute Gasteiger partial charge is 0.295 e. The molecule has 6 rings (SSSR count). The summed E-state index contributed by atoms with van der Waals surface area (Å²) in [6.07, 6.45) is 1.51. The van der Waals surface area contributed by atoms with Crippen molar-refractivity contribution in [1.29, 1.82) is 0 Å². The molecule has 0 saturated carbocycles. The van der Waals surface area contributed by atoms with Crippen LogP contribution in [0.15, 0.2) is 70.7 Å². The van der Waals surface area contributed by atoms with Crippen molar-refractivity contribution in [3.8, 4) is 0 Å². The zero-order valence-electron chi connectivity index (χ0n) is 24.3. The molecule has 14 heteroatoms. The minimum atomic E-state index is -4.09. The molecule has 2 N–H and O–H groups in total. The Morgan fingerprint density at radius 1 is 1.02 bits per heavy atom.